The lowest BCUT2D eigenvalue weighted by Crippen LogP contribution is -2.36. The lowest BCUT2D eigenvalue weighted by Gasteiger charge is -2.24. The molecule has 0 unspecified atom stereocenters. The SMILES string of the molecule is Cc1nnc(CN2CC[C@@H]3CC[C@H](C2)N3C)s1. The van der Waals surface area contributed by atoms with Crippen molar-refractivity contribution in [2.45, 2.75) is 44.8 Å². The van der Waals surface area contributed by atoms with Crippen LogP contribution in [-0.4, -0.2) is 52.2 Å². The highest BCUT2D eigenvalue weighted by Crippen LogP contribution is 2.29. The number of hydrogen-bond acceptors (Lipinski definition) is 5. The van der Waals surface area contributed by atoms with Gasteiger partial charge in [-0.15, -0.1) is 21.5 Å². The van der Waals surface area contributed by atoms with Gasteiger partial charge in [0.15, 0.2) is 0 Å². The fourth-order valence-corrected chi connectivity index (χ4v) is 3.87. The van der Waals surface area contributed by atoms with Gasteiger partial charge in [-0.3, -0.25) is 9.80 Å². The summed E-state index contributed by atoms with van der Waals surface area (Å²) in [5.74, 6) is 0. The van der Waals surface area contributed by atoms with Gasteiger partial charge >= 0.3 is 0 Å². The Morgan fingerprint density at radius 1 is 1.24 bits per heavy atom. The van der Waals surface area contributed by atoms with Gasteiger partial charge in [0.05, 0.1) is 6.54 Å². The monoisotopic (exact) mass is 252 g/mol. The largest absolute Gasteiger partial charge is 0.299 e. The second-order valence-corrected chi connectivity index (χ2v) is 6.56. The number of likely N-dealkylation sites (tertiary alicyclic amines) is 1. The van der Waals surface area contributed by atoms with Gasteiger partial charge in [0.25, 0.3) is 0 Å². The number of likely N-dealkylation sites (N-methyl/N-ethyl adjacent to an activating group) is 1. The van der Waals surface area contributed by atoms with Crippen LogP contribution in [-0.2, 0) is 6.54 Å². The quantitative estimate of drug-likeness (QED) is 0.799. The van der Waals surface area contributed by atoms with Crippen molar-refractivity contribution in [3.63, 3.8) is 0 Å². The predicted octanol–water partition coefficient (Wildman–Crippen LogP) is 1.52. The van der Waals surface area contributed by atoms with E-state index in [1.54, 1.807) is 11.3 Å². The molecule has 2 fully saturated rings. The lowest BCUT2D eigenvalue weighted by molar-refractivity contribution is 0.214. The van der Waals surface area contributed by atoms with Crippen LogP contribution >= 0.6 is 11.3 Å². The summed E-state index contributed by atoms with van der Waals surface area (Å²) in [6.45, 7) is 5.43. The average molecular weight is 252 g/mol. The molecule has 4 nitrogen and oxygen atoms in total. The molecule has 5 heteroatoms. The molecule has 1 aromatic rings. The molecular formula is C12H20N4S. The number of nitrogens with zero attached hydrogens (tertiary/aromatic N) is 4. The van der Waals surface area contributed by atoms with Crippen LogP contribution in [0.5, 0.6) is 0 Å². The molecule has 1 aromatic heterocycles. The summed E-state index contributed by atoms with van der Waals surface area (Å²) < 4.78 is 0. The van der Waals surface area contributed by atoms with Gasteiger partial charge in [0.1, 0.15) is 10.0 Å². The first-order chi connectivity index (χ1) is 8.22. The second kappa shape index (κ2) is 4.63. The van der Waals surface area contributed by atoms with E-state index in [-0.39, 0.29) is 0 Å². The molecule has 3 heterocycles. The Hall–Kier alpha value is -0.520. The first kappa shape index (κ1) is 11.6. The molecule has 2 aliphatic heterocycles. The number of hydrogen-bond donors (Lipinski definition) is 0. The third kappa shape index (κ3) is 2.37. The number of aromatic nitrogens is 2. The molecule has 0 saturated carbocycles. The minimum absolute atomic E-state index is 0.761. The number of aryl methyl sites for hydroxylation is 1. The van der Waals surface area contributed by atoms with E-state index < -0.39 is 0 Å². The fourth-order valence-electron chi connectivity index (χ4n) is 3.12. The molecule has 2 atom stereocenters. The highest BCUT2D eigenvalue weighted by molar-refractivity contribution is 7.11. The molecule has 0 aliphatic carbocycles. The molecule has 0 aromatic carbocycles. The van der Waals surface area contributed by atoms with Crippen LogP contribution in [0.25, 0.3) is 0 Å². The zero-order chi connectivity index (χ0) is 11.8. The normalized spacial score (nSPS) is 30.7. The Bertz CT molecular complexity index is 392. The minimum Gasteiger partial charge on any atom is -0.299 e. The number of rotatable bonds is 2. The van der Waals surface area contributed by atoms with E-state index in [9.17, 15) is 0 Å². The molecule has 3 rings (SSSR count). The van der Waals surface area contributed by atoms with Crippen LogP contribution in [0.4, 0.5) is 0 Å². The number of fused-ring (bicyclic) bond motifs is 2. The Morgan fingerprint density at radius 2 is 2.06 bits per heavy atom. The third-order valence-electron chi connectivity index (χ3n) is 4.16. The average Bonchev–Trinajstić information content (AvgIpc) is 2.77. The smallest absolute Gasteiger partial charge is 0.131 e. The molecule has 0 radical (unpaired) electrons. The summed E-state index contributed by atoms with van der Waals surface area (Å²) in [5.41, 5.74) is 0. The fraction of sp³-hybridized carbons (Fsp3) is 0.833. The van der Waals surface area contributed by atoms with Crippen molar-refractivity contribution < 1.29 is 0 Å². The zero-order valence-corrected chi connectivity index (χ0v) is 11.4. The van der Waals surface area contributed by atoms with Crippen LogP contribution in [0.15, 0.2) is 0 Å². The van der Waals surface area contributed by atoms with Crippen LogP contribution in [0.1, 0.15) is 29.3 Å². The van der Waals surface area contributed by atoms with Crippen molar-refractivity contribution in [1.29, 1.82) is 0 Å². The van der Waals surface area contributed by atoms with Crippen molar-refractivity contribution in [3.05, 3.63) is 10.0 Å². The van der Waals surface area contributed by atoms with Crippen molar-refractivity contribution in [3.8, 4) is 0 Å². The van der Waals surface area contributed by atoms with E-state index in [1.165, 1.54) is 37.4 Å². The van der Waals surface area contributed by atoms with Gasteiger partial charge < -0.3 is 0 Å². The van der Waals surface area contributed by atoms with Gasteiger partial charge in [-0.2, -0.15) is 0 Å². The molecule has 2 aliphatic rings. The molecule has 0 spiro atoms. The van der Waals surface area contributed by atoms with Crippen molar-refractivity contribution in [2.75, 3.05) is 20.1 Å². The molecule has 0 N–H and O–H groups in total. The summed E-state index contributed by atoms with van der Waals surface area (Å²) in [5, 5.41) is 10.6. The maximum absolute atomic E-state index is 4.23. The maximum Gasteiger partial charge on any atom is 0.131 e. The summed E-state index contributed by atoms with van der Waals surface area (Å²) in [6.07, 6.45) is 4.07. The Balaban J connectivity index is 1.65. The minimum atomic E-state index is 0.761. The predicted molar refractivity (Wildman–Crippen MR) is 69.1 cm³/mol. The van der Waals surface area contributed by atoms with Gasteiger partial charge in [0.2, 0.25) is 0 Å². The molecule has 2 bridgehead atoms. The molecule has 0 amide bonds. The van der Waals surface area contributed by atoms with Gasteiger partial charge in [0, 0.05) is 25.2 Å². The Labute approximate surface area is 107 Å². The van der Waals surface area contributed by atoms with Crippen molar-refractivity contribution >= 4 is 11.3 Å². The molecule has 17 heavy (non-hydrogen) atoms. The summed E-state index contributed by atoms with van der Waals surface area (Å²) in [7, 11) is 2.29. The summed E-state index contributed by atoms with van der Waals surface area (Å²) in [6, 6.07) is 1.58. The standard InChI is InChI=1S/C12H20N4S/c1-9-13-14-12(17-9)8-16-6-5-10-3-4-11(7-16)15(10)2/h10-11H,3-8H2,1-2H3/t10-,11+/m0/s1. The van der Waals surface area contributed by atoms with Crippen LogP contribution in [0.3, 0.4) is 0 Å². The summed E-state index contributed by atoms with van der Waals surface area (Å²) >= 11 is 1.73. The molecule has 94 valence electrons. The van der Waals surface area contributed by atoms with Crippen molar-refractivity contribution in [1.82, 2.24) is 20.0 Å². The van der Waals surface area contributed by atoms with Crippen molar-refractivity contribution in [2.24, 2.45) is 0 Å². The van der Waals surface area contributed by atoms with Gasteiger partial charge in [-0.05, 0) is 33.2 Å². The maximum atomic E-state index is 4.23. The zero-order valence-electron chi connectivity index (χ0n) is 10.6. The Kier molecular flexibility index (Phi) is 3.15. The highest BCUT2D eigenvalue weighted by atomic mass is 32.1. The molecular weight excluding hydrogens is 232 g/mol. The topological polar surface area (TPSA) is 32.3 Å². The summed E-state index contributed by atoms with van der Waals surface area (Å²) in [4.78, 5) is 5.14. The van der Waals surface area contributed by atoms with E-state index in [0.29, 0.717) is 0 Å². The van der Waals surface area contributed by atoms with Crippen LogP contribution in [0, 0.1) is 6.92 Å². The van der Waals surface area contributed by atoms with Gasteiger partial charge in [-0.1, -0.05) is 0 Å². The van der Waals surface area contributed by atoms with E-state index >= 15 is 0 Å². The van der Waals surface area contributed by atoms with E-state index in [4.69, 9.17) is 0 Å². The second-order valence-electron chi connectivity index (χ2n) is 5.29. The first-order valence-corrected chi connectivity index (χ1v) is 7.27. The van der Waals surface area contributed by atoms with Crippen LogP contribution < -0.4 is 0 Å². The van der Waals surface area contributed by atoms with E-state index in [1.807, 2.05) is 6.92 Å². The van der Waals surface area contributed by atoms with E-state index in [0.717, 1.165) is 23.6 Å². The first-order valence-electron chi connectivity index (χ1n) is 6.45. The third-order valence-corrected chi connectivity index (χ3v) is 4.98. The highest BCUT2D eigenvalue weighted by Gasteiger charge is 2.34. The van der Waals surface area contributed by atoms with Gasteiger partial charge in [-0.25, -0.2) is 0 Å². The lowest BCUT2D eigenvalue weighted by atomic mass is 10.1. The van der Waals surface area contributed by atoms with Crippen LogP contribution in [0.2, 0.25) is 0 Å². The molecule has 2 saturated heterocycles. The van der Waals surface area contributed by atoms with E-state index in [2.05, 4.69) is 27.0 Å². The Morgan fingerprint density at radius 3 is 2.82 bits per heavy atom.